The van der Waals surface area contributed by atoms with E-state index in [4.69, 9.17) is 9.16 Å². The van der Waals surface area contributed by atoms with E-state index in [1.165, 1.54) is 6.92 Å². The molecule has 5 atom stereocenters. The molecular formula is C28H46O5Si. The largest absolute Gasteiger partial charge is 0.543 e. The SMILES string of the molecule is CCCCC[C@H](O)C=C[C@@H]1[C@@H](Cc2cccc(O[Si](C)(C)C(C)(C)C)c2)[C@@H](OC(C)=O)C[C@H]1O. The first-order valence-electron chi connectivity index (χ1n) is 12.8. The molecule has 0 bridgehead atoms. The molecule has 0 aromatic heterocycles. The summed E-state index contributed by atoms with van der Waals surface area (Å²) < 4.78 is 12.1. The molecule has 1 fully saturated rings. The molecule has 1 saturated carbocycles. The van der Waals surface area contributed by atoms with Crippen LogP contribution in [0.1, 0.15) is 72.3 Å². The van der Waals surface area contributed by atoms with E-state index in [2.05, 4.69) is 52.9 Å². The van der Waals surface area contributed by atoms with Crippen molar-refractivity contribution in [3.05, 3.63) is 42.0 Å². The predicted molar refractivity (Wildman–Crippen MR) is 140 cm³/mol. The number of rotatable bonds is 11. The number of unbranched alkanes of at least 4 members (excludes halogenated alkanes) is 2. The summed E-state index contributed by atoms with van der Waals surface area (Å²) in [7, 11) is -1.96. The van der Waals surface area contributed by atoms with E-state index in [0.717, 1.165) is 37.0 Å². The molecule has 6 heteroatoms. The normalized spacial score (nSPS) is 24.4. The summed E-state index contributed by atoms with van der Waals surface area (Å²) in [5, 5.41) is 21.3. The number of aliphatic hydroxyl groups excluding tert-OH is 2. The number of ether oxygens (including phenoxy) is 1. The second kappa shape index (κ2) is 12.4. The van der Waals surface area contributed by atoms with Gasteiger partial charge in [0.1, 0.15) is 11.9 Å². The Hall–Kier alpha value is -1.63. The fourth-order valence-electron chi connectivity index (χ4n) is 4.40. The fourth-order valence-corrected chi connectivity index (χ4v) is 5.42. The van der Waals surface area contributed by atoms with Crippen LogP contribution < -0.4 is 4.43 Å². The number of carbonyl (C=O) groups excluding carboxylic acids is 1. The molecule has 0 saturated heterocycles. The average Bonchev–Trinajstić information content (AvgIpc) is 2.99. The number of benzene rings is 1. The number of carbonyl (C=O) groups is 1. The smallest absolute Gasteiger partial charge is 0.302 e. The molecule has 0 aliphatic heterocycles. The number of esters is 1. The summed E-state index contributed by atoms with van der Waals surface area (Å²) in [6.07, 6.45) is 7.24. The van der Waals surface area contributed by atoms with Crippen LogP contribution in [0.2, 0.25) is 18.1 Å². The highest BCUT2D eigenvalue weighted by molar-refractivity contribution is 6.74. The van der Waals surface area contributed by atoms with Gasteiger partial charge in [0.05, 0.1) is 12.2 Å². The maximum Gasteiger partial charge on any atom is 0.302 e. The zero-order chi connectivity index (χ0) is 25.5. The second-order valence-corrected chi connectivity index (χ2v) is 16.1. The molecule has 1 aromatic rings. The predicted octanol–water partition coefficient (Wildman–Crippen LogP) is 6.04. The standard InChI is InChI=1S/C28H46O5Si/c1-8-9-10-13-22(30)15-16-24-25(27(19-26(24)31)32-20(2)29)18-21-12-11-14-23(17-21)33-34(6,7)28(3,4)5/h11-12,14-17,22,24-27,30-31H,8-10,13,18-19H2,1-7H3/t22-,24+,25+,26+,27-/m0/s1. The van der Waals surface area contributed by atoms with Gasteiger partial charge in [0, 0.05) is 25.2 Å². The van der Waals surface area contributed by atoms with E-state index in [1.807, 2.05) is 24.3 Å². The maximum absolute atomic E-state index is 11.8. The summed E-state index contributed by atoms with van der Waals surface area (Å²) in [6.45, 7) is 14.7. The number of hydrogen-bond donors (Lipinski definition) is 2. The van der Waals surface area contributed by atoms with Gasteiger partial charge < -0.3 is 19.4 Å². The molecule has 1 aromatic carbocycles. The minimum Gasteiger partial charge on any atom is -0.543 e. The highest BCUT2D eigenvalue weighted by Gasteiger charge is 2.43. The monoisotopic (exact) mass is 490 g/mol. The van der Waals surface area contributed by atoms with E-state index in [9.17, 15) is 15.0 Å². The topological polar surface area (TPSA) is 76.0 Å². The Labute approximate surface area is 207 Å². The molecule has 0 radical (unpaired) electrons. The minimum absolute atomic E-state index is 0.0684. The van der Waals surface area contributed by atoms with Crippen LogP contribution in [0.4, 0.5) is 0 Å². The van der Waals surface area contributed by atoms with Crippen molar-refractivity contribution in [1.82, 2.24) is 0 Å². The fraction of sp³-hybridized carbons (Fsp3) is 0.679. The highest BCUT2D eigenvalue weighted by atomic mass is 28.4. The Morgan fingerprint density at radius 2 is 1.97 bits per heavy atom. The van der Waals surface area contributed by atoms with E-state index < -0.39 is 20.5 Å². The second-order valence-electron chi connectivity index (χ2n) is 11.4. The number of hydrogen-bond acceptors (Lipinski definition) is 5. The van der Waals surface area contributed by atoms with Gasteiger partial charge >= 0.3 is 5.97 Å². The Balaban J connectivity index is 2.21. The van der Waals surface area contributed by atoms with Crippen molar-refractivity contribution in [3.8, 4) is 5.75 Å². The molecule has 0 amide bonds. The molecular weight excluding hydrogens is 444 g/mol. The van der Waals surface area contributed by atoms with E-state index in [1.54, 1.807) is 0 Å². The van der Waals surface area contributed by atoms with Crippen LogP contribution in [0.5, 0.6) is 5.75 Å². The van der Waals surface area contributed by atoms with Gasteiger partial charge in [-0.15, -0.1) is 0 Å². The third-order valence-corrected chi connectivity index (χ3v) is 11.8. The van der Waals surface area contributed by atoms with Crippen LogP contribution in [0, 0.1) is 11.8 Å². The molecule has 34 heavy (non-hydrogen) atoms. The quantitative estimate of drug-likeness (QED) is 0.171. The molecule has 0 spiro atoms. The van der Waals surface area contributed by atoms with Crippen molar-refractivity contribution in [2.75, 3.05) is 0 Å². The number of aliphatic hydroxyl groups is 2. The van der Waals surface area contributed by atoms with Crippen LogP contribution in [0.15, 0.2) is 36.4 Å². The summed E-state index contributed by atoms with van der Waals surface area (Å²) in [6, 6.07) is 8.15. The molecule has 1 aliphatic carbocycles. The molecule has 0 heterocycles. The molecule has 1 aliphatic rings. The van der Waals surface area contributed by atoms with Gasteiger partial charge in [0.25, 0.3) is 0 Å². The van der Waals surface area contributed by atoms with Crippen LogP contribution in [0.3, 0.4) is 0 Å². The van der Waals surface area contributed by atoms with Crippen LogP contribution >= 0.6 is 0 Å². The third kappa shape index (κ3) is 8.24. The van der Waals surface area contributed by atoms with E-state index >= 15 is 0 Å². The maximum atomic E-state index is 11.8. The van der Waals surface area contributed by atoms with Crippen molar-refractivity contribution < 1.29 is 24.2 Å². The van der Waals surface area contributed by atoms with Crippen molar-refractivity contribution in [3.63, 3.8) is 0 Å². The molecule has 2 rings (SSSR count). The van der Waals surface area contributed by atoms with Crippen molar-refractivity contribution in [2.24, 2.45) is 11.8 Å². The lowest BCUT2D eigenvalue weighted by Crippen LogP contribution is -2.43. The van der Waals surface area contributed by atoms with Gasteiger partial charge in [-0.05, 0) is 48.7 Å². The minimum atomic E-state index is -1.96. The van der Waals surface area contributed by atoms with Gasteiger partial charge in [-0.3, -0.25) is 4.79 Å². The lowest BCUT2D eigenvalue weighted by atomic mass is 9.87. The van der Waals surface area contributed by atoms with Crippen LogP contribution in [0.25, 0.3) is 0 Å². The average molecular weight is 491 g/mol. The van der Waals surface area contributed by atoms with Crippen LogP contribution in [-0.2, 0) is 16.0 Å². The summed E-state index contributed by atoms with van der Waals surface area (Å²) in [5.41, 5.74) is 1.09. The Kier molecular flexibility index (Phi) is 10.4. The van der Waals surface area contributed by atoms with E-state index in [-0.39, 0.29) is 28.9 Å². The van der Waals surface area contributed by atoms with Gasteiger partial charge in [-0.25, -0.2) is 0 Å². The Morgan fingerprint density at radius 1 is 1.26 bits per heavy atom. The van der Waals surface area contributed by atoms with Crippen molar-refractivity contribution in [2.45, 2.75) is 110 Å². The van der Waals surface area contributed by atoms with Crippen LogP contribution in [-0.4, -0.2) is 42.8 Å². The first kappa shape index (κ1) is 28.6. The lowest BCUT2D eigenvalue weighted by Gasteiger charge is -2.36. The summed E-state index contributed by atoms with van der Waals surface area (Å²) >= 11 is 0. The van der Waals surface area contributed by atoms with Crippen molar-refractivity contribution >= 4 is 14.3 Å². The Bertz CT molecular complexity index is 813. The van der Waals surface area contributed by atoms with E-state index in [0.29, 0.717) is 12.8 Å². The molecule has 2 N–H and O–H groups in total. The zero-order valence-corrected chi connectivity index (χ0v) is 23.2. The Morgan fingerprint density at radius 3 is 2.59 bits per heavy atom. The van der Waals surface area contributed by atoms with Gasteiger partial charge in [-0.2, -0.15) is 0 Å². The first-order chi connectivity index (χ1) is 15.8. The zero-order valence-electron chi connectivity index (χ0n) is 22.2. The van der Waals surface area contributed by atoms with Gasteiger partial charge in [-0.1, -0.05) is 71.2 Å². The highest BCUT2D eigenvalue weighted by Crippen LogP contribution is 2.40. The van der Waals surface area contributed by atoms with Gasteiger partial charge in [0.2, 0.25) is 8.32 Å². The lowest BCUT2D eigenvalue weighted by molar-refractivity contribution is -0.148. The molecule has 192 valence electrons. The first-order valence-corrected chi connectivity index (χ1v) is 15.7. The van der Waals surface area contributed by atoms with Gasteiger partial charge in [0.15, 0.2) is 0 Å². The summed E-state index contributed by atoms with van der Waals surface area (Å²) in [4.78, 5) is 11.8. The molecule has 5 nitrogen and oxygen atoms in total. The summed E-state index contributed by atoms with van der Waals surface area (Å²) in [5.74, 6) is 0.280. The molecule has 0 unspecified atom stereocenters. The third-order valence-electron chi connectivity index (χ3n) is 7.42. The van der Waals surface area contributed by atoms with Crippen molar-refractivity contribution in [1.29, 1.82) is 0 Å².